The predicted octanol–water partition coefficient (Wildman–Crippen LogP) is 4.17. The highest BCUT2D eigenvalue weighted by atomic mass is 14.3. The lowest BCUT2D eigenvalue weighted by molar-refractivity contribution is 0.391. The van der Waals surface area contributed by atoms with Crippen molar-refractivity contribution in [3.63, 3.8) is 0 Å². The molecule has 1 saturated carbocycles. The SMILES string of the molecule is C/C=C(\C)CCC1CCCC1C. The summed E-state index contributed by atoms with van der Waals surface area (Å²) in [5, 5.41) is 0. The molecule has 0 aromatic heterocycles. The Hall–Kier alpha value is -0.260. The molecule has 70 valence electrons. The fraction of sp³-hybridized carbons (Fsp3) is 0.833. The van der Waals surface area contributed by atoms with Gasteiger partial charge in [-0.15, -0.1) is 0 Å². The van der Waals surface area contributed by atoms with Crippen molar-refractivity contribution in [3.8, 4) is 0 Å². The van der Waals surface area contributed by atoms with Gasteiger partial charge in [0.15, 0.2) is 0 Å². The Balaban J connectivity index is 2.22. The molecule has 0 N–H and O–H groups in total. The predicted molar refractivity (Wildman–Crippen MR) is 55.2 cm³/mol. The molecule has 0 bridgehead atoms. The summed E-state index contributed by atoms with van der Waals surface area (Å²) in [6, 6.07) is 0. The van der Waals surface area contributed by atoms with E-state index in [1.54, 1.807) is 5.57 Å². The maximum Gasteiger partial charge on any atom is -0.0320 e. The molecule has 1 rings (SSSR count). The van der Waals surface area contributed by atoms with Gasteiger partial charge in [0.05, 0.1) is 0 Å². The minimum absolute atomic E-state index is 0.995. The van der Waals surface area contributed by atoms with Crippen LogP contribution in [0.5, 0.6) is 0 Å². The van der Waals surface area contributed by atoms with Crippen molar-refractivity contribution in [1.82, 2.24) is 0 Å². The van der Waals surface area contributed by atoms with Crippen LogP contribution in [0.15, 0.2) is 11.6 Å². The Morgan fingerprint density at radius 3 is 2.67 bits per heavy atom. The molecular weight excluding hydrogens is 144 g/mol. The van der Waals surface area contributed by atoms with Crippen LogP contribution >= 0.6 is 0 Å². The van der Waals surface area contributed by atoms with E-state index in [0.29, 0.717) is 0 Å². The van der Waals surface area contributed by atoms with E-state index >= 15 is 0 Å². The average molecular weight is 166 g/mol. The number of allylic oxidation sites excluding steroid dienone is 2. The van der Waals surface area contributed by atoms with Crippen molar-refractivity contribution in [2.75, 3.05) is 0 Å². The van der Waals surface area contributed by atoms with Gasteiger partial charge in [-0.2, -0.15) is 0 Å². The van der Waals surface area contributed by atoms with Crippen LogP contribution in [-0.2, 0) is 0 Å². The van der Waals surface area contributed by atoms with Crippen molar-refractivity contribution >= 4 is 0 Å². The lowest BCUT2D eigenvalue weighted by Crippen LogP contribution is -2.03. The minimum atomic E-state index is 0.995. The van der Waals surface area contributed by atoms with Crippen molar-refractivity contribution in [2.24, 2.45) is 11.8 Å². The molecule has 2 unspecified atom stereocenters. The van der Waals surface area contributed by atoms with Gasteiger partial charge in [0.2, 0.25) is 0 Å². The van der Waals surface area contributed by atoms with Crippen LogP contribution in [0.1, 0.15) is 52.9 Å². The Morgan fingerprint density at radius 1 is 1.42 bits per heavy atom. The molecule has 12 heavy (non-hydrogen) atoms. The summed E-state index contributed by atoms with van der Waals surface area (Å²) in [5.74, 6) is 2.02. The van der Waals surface area contributed by atoms with E-state index in [2.05, 4.69) is 26.8 Å². The summed E-state index contributed by atoms with van der Waals surface area (Å²) in [6.07, 6.45) is 9.43. The zero-order valence-corrected chi connectivity index (χ0v) is 8.77. The Bertz CT molecular complexity index is 155. The van der Waals surface area contributed by atoms with E-state index in [-0.39, 0.29) is 0 Å². The summed E-state index contributed by atoms with van der Waals surface area (Å²) < 4.78 is 0. The van der Waals surface area contributed by atoms with Gasteiger partial charge in [-0.1, -0.05) is 37.8 Å². The highest BCUT2D eigenvalue weighted by Gasteiger charge is 2.22. The zero-order chi connectivity index (χ0) is 8.97. The fourth-order valence-electron chi connectivity index (χ4n) is 2.21. The first-order valence-corrected chi connectivity index (χ1v) is 5.36. The van der Waals surface area contributed by atoms with E-state index in [9.17, 15) is 0 Å². The first-order chi connectivity index (χ1) is 5.74. The molecule has 1 fully saturated rings. The van der Waals surface area contributed by atoms with E-state index < -0.39 is 0 Å². The number of rotatable bonds is 3. The molecule has 0 spiro atoms. The van der Waals surface area contributed by atoms with Crippen molar-refractivity contribution in [1.29, 1.82) is 0 Å². The summed E-state index contributed by atoms with van der Waals surface area (Å²) in [7, 11) is 0. The Kier molecular flexibility index (Phi) is 3.84. The molecular formula is C12H22. The van der Waals surface area contributed by atoms with E-state index in [0.717, 1.165) is 11.8 Å². The van der Waals surface area contributed by atoms with Crippen LogP contribution in [-0.4, -0.2) is 0 Å². The molecule has 0 saturated heterocycles. The van der Waals surface area contributed by atoms with E-state index in [1.807, 2.05) is 0 Å². The monoisotopic (exact) mass is 166 g/mol. The van der Waals surface area contributed by atoms with Gasteiger partial charge >= 0.3 is 0 Å². The van der Waals surface area contributed by atoms with Gasteiger partial charge in [0.25, 0.3) is 0 Å². The van der Waals surface area contributed by atoms with E-state index in [4.69, 9.17) is 0 Å². The zero-order valence-electron chi connectivity index (χ0n) is 8.77. The Morgan fingerprint density at radius 2 is 2.17 bits per heavy atom. The maximum absolute atomic E-state index is 2.42. The van der Waals surface area contributed by atoms with Gasteiger partial charge in [-0.3, -0.25) is 0 Å². The quantitative estimate of drug-likeness (QED) is 0.552. The third kappa shape index (κ3) is 2.66. The molecule has 0 heterocycles. The second-order valence-corrected chi connectivity index (χ2v) is 4.34. The molecule has 0 aromatic carbocycles. The standard InChI is InChI=1S/C12H22/c1-4-10(2)8-9-12-7-5-6-11(12)3/h4,11-12H,5-9H2,1-3H3/b10-4+. The maximum atomic E-state index is 2.42. The summed E-state index contributed by atoms with van der Waals surface area (Å²) in [4.78, 5) is 0. The van der Waals surface area contributed by atoms with Crippen molar-refractivity contribution in [2.45, 2.75) is 52.9 Å². The first kappa shape index (κ1) is 9.83. The van der Waals surface area contributed by atoms with Crippen molar-refractivity contribution < 1.29 is 0 Å². The van der Waals surface area contributed by atoms with Gasteiger partial charge in [0.1, 0.15) is 0 Å². The van der Waals surface area contributed by atoms with Gasteiger partial charge in [-0.25, -0.2) is 0 Å². The summed E-state index contributed by atoms with van der Waals surface area (Å²) >= 11 is 0. The largest absolute Gasteiger partial charge is 0.0887 e. The topological polar surface area (TPSA) is 0 Å². The Labute approximate surface area is 77.1 Å². The number of hydrogen-bond donors (Lipinski definition) is 0. The average Bonchev–Trinajstić information content (AvgIpc) is 2.47. The van der Waals surface area contributed by atoms with Crippen molar-refractivity contribution in [3.05, 3.63) is 11.6 Å². The van der Waals surface area contributed by atoms with Gasteiger partial charge in [-0.05, 0) is 38.5 Å². The molecule has 0 amide bonds. The number of hydrogen-bond acceptors (Lipinski definition) is 0. The molecule has 0 radical (unpaired) electrons. The fourth-order valence-corrected chi connectivity index (χ4v) is 2.21. The highest BCUT2D eigenvalue weighted by molar-refractivity contribution is 4.96. The molecule has 0 aromatic rings. The molecule has 0 heteroatoms. The molecule has 1 aliphatic carbocycles. The van der Waals surface area contributed by atoms with Crippen LogP contribution in [0.2, 0.25) is 0 Å². The smallest absolute Gasteiger partial charge is 0.0320 e. The second kappa shape index (κ2) is 4.69. The summed E-state index contributed by atoms with van der Waals surface area (Å²) in [6.45, 7) is 6.82. The lowest BCUT2D eigenvalue weighted by Gasteiger charge is -2.14. The highest BCUT2D eigenvalue weighted by Crippen LogP contribution is 2.34. The van der Waals surface area contributed by atoms with E-state index in [1.165, 1.54) is 32.1 Å². The molecule has 1 aliphatic rings. The van der Waals surface area contributed by atoms with Crippen LogP contribution in [0.3, 0.4) is 0 Å². The first-order valence-electron chi connectivity index (χ1n) is 5.36. The van der Waals surface area contributed by atoms with Crippen LogP contribution < -0.4 is 0 Å². The summed E-state index contributed by atoms with van der Waals surface area (Å²) in [5.41, 5.74) is 1.56. The van der Waals surface area contributed by atoms with Crippen LogP contribution in [0.4, 0.5) is 0 Å². The van der Waals surface area contributed by atoms with Crippen LogP contribution in [0, 0.1) is 11.8 Å². The molecule has 0 nitrogen and oxygen atoms in total. The molecule has 2 atom stereocenters. The third-order valence-electron chi connectivity index (χ3n) is 3.44. The van der Waals surface area contributed by atoms with Gasteiger partial charge < -0.3 is 0 Å². The molecule has 0 aliphatic heterocycles. The lowest BCUT2D eigenvalue weighted by atomic mass is 9.92. The minimum Gasteiger partial charge on any atom is -0.0887 e. The normalized spacial score (nSPS) is 31.1. The van der Waals surface area contributed by atoms with Crippen LogP contribution in [0.25, 0.3) is 0 Å². The second-order valence-electron chi connectivity index (χ2n) is 4.34. The van der Waals surface area contributed by atoms with Gasteiger partial charge in [0, 0.05) is 0 Å². The third-order valence-corrected chi connectivity index (χ3v) is 3.44.